The molecule has 30 valence electrons. The van der Waals surface area contributed by atoms with Gasteiger partial charge in [0.25, 0.3) is 0 Å². The summed E-state index contributed by atoms with van der Waals surface area (Å²) in [7, 11) is 0. The Balaban J connectivity index is 0. The summed E-state index contributed by atoms with van der Waals surface area (Å²) in [6.45, 7) is 0. The van der Waals surface area contributed by atoms with Crippen LogP contribution < -0.4 is 0 Å². The summed E-state index contributed by atoms with van der Waals surface area (Å²) in [5.41, 5.74) is 0. The Bertz CT molecular complexity index is 11.6. The molecule has 0 bridgehead atoms. The largest absolute Gasteiger partial charge is 0 e. The van der Waals surface area contributed by atoms with Crippen LogP contribution in [0, 0.1) is 0 Å². The predicted octanol–water partition coefficient (Wildman–Crippen LogP) is 1.37. The average molecular weight is 344 g/mol. The molecule has 0 saturated heterocycles. The number of rotatable bonds is 0. The minimum Gasteiger partial charge on any atom is 0 e. The van der Waals surface area contributed by atoms with Gasteiger partial charge in [0.2, 0.25) is 0 Å². The van der Waals surface area contributed by atoms with Gasteiger partial charge in [-0.2, -0.15) is 0 Å². The van der Waals surface area contributed by atoms with Crippen molar-refractivity contribution >= 4 is 21.4 Å². The monoisotopic (exact) mass is 344 g/mol. The molecule has 0 aromatic carbocycles. The second kappa shape index (κ2) is 5.56. The van der Waals surface area contributed by atoms with Gasteiger partial charge in [0.1, 0.15) is 0 Å². The molecular weight excluding hydrogens is 335 g/mol. The van der Waals surface area contributed by atoms with Gasteiger partial charge in [0.05, 0.1) is 0 Å². The normalized spacial score (nSPS) is 5.40. The van der Waals surface area contributed by atoms with Crippen molar-refractivity contribution in [1.29, 1.82) is 0 Å². The molecule has 0 aromatic rings. The fourth-order valence-electron chi connectivity index (χ4n) is 0. The van der Waals surface area contributed by atoms with Crippen LogP contribution >= 0.6 is 0 Å². The molecule has 0 N–H and O–H groups in total. The molecule has 0 aliphatic carbocycles. The Morgan fingerprint density at radius 2 is 1.00 bits per heavy atom. The molecular formula is C3H9InW. The van der Waals surface area contributed by atoms with Crippen LogP contribution in [0.2, 0.25) is 14.0 Å². The third kappa shape index (κ3) is 29.0. The summed E-state index contributed by atoms with van der Waals surface area (Å²) in [6.07, 6.45) is 0. The van der Waals surface area contributed by atoms with E-state index in [1.807, 2.05) is 0 Å². The predicted molar refractivity (Wildman–Crippen MR) is 23.3 cm³/mol. The molecule has 0 saturated carbocycles. The van der Waals surface area contributed by atoms with E-state index >= 15 is 0 Å². The van der Waals surface area contributed by atoms with Gasteiger partial charge in [-0.15, -0.1) is 0 Å². The summed E-state index contributed by atoms with van der Waals surface area (Å²) in [5.74, 6) is 0. The minimum atomic E-state index is -0.637. The first kappa shape index (κ1) is 9.75. The van der Waals surface area contributed by atoms with Crippen molar-refractivity contribution in [2.75, 3.05) is 0 Å². The van der Waals surface area contributed by atoms with E-state index in [9.17, 15) is 0 Å². The molecule has 0 aliphatic heterocycles. The van der Waals surface area contributed by atoms with E-state index < -0.39 is 21.4 Å². The summed E-state index contributed by atoms with van der Waals surface area (Å²) in [4.78, 5) is 0. The fourth-order valence-corrected chi connectivity index (χ4v) is 0. The van der Waals surface area contributed by atoms with E-state index in [0.29, 0.717) is 0 Å². The number of hydrogen-bond acceptors (Lipinski definition) is 0. The zero-order valence-electron chi connectivity index (χ0n) is 3.99. The molecule has 0 atom stereocenters. The zero-order chi connectivity index (χ0) is 3.58. The third-order valence-corrected chi connectivity index (χ3v) is 0. The van der Waals surface area contributed by atoms with Crippen LogP contribution in [0.25, 0.3) is 0 Å². The van der Waals surface area contributed by atoms with Crippen LogP contribution in [0.5, 0.6) is 0 Å². The van der Waals surface area contributed by atoms with E-state index in [0.717, 1.165) is 0 Å². The molecule has 0 rings (SSSR count). The van der Waals surface area contributed by atoms with Gasteiger partial charge in [-0.3, -0.25) is 0 Å². The van der Waals surface area contributed by atoms with Crippen molar-refractivity contribution in [1.82, 2.24) is 0 Å². The molecule has 0 unspecified atom stereocenters. The standard InChI is InChI=1S/3CH3.In.W/h3*1H3;;. The molecule has 0 radical (unpaired) electrons. The topological polar surface area (TPSA) is 0 Å². The molecule has 0 nitrogen and oxygen atoms in total. The molecule has 0 aliphatic rings. The Morgan fingerprint density at radius 1 is 1.00 bits per heavy atom. The van der Waals surface area contributed by atoms with Crippen molar-refractivity contribution in [2.45, 2.75) is 14.0 Å². The van der Waals surface area contributed by atoms with Crippen molar-refractivity contribution in [3.05, 3.63) is 0 Å². The zero-order valence-corrected chi connectivity index (χ0v) is 10.2. The van der Waals surface area contributed by atoms with E-state index in [1.54, 1.807) is 0 Å². The van der Waals surface area contributed by atoms with Crippen LogP contribution in [0.15, 0.2) is 0 Å². The molecule has 0 spiro atoms. The van der Waals surface area contributed by atoms with E-state index in [2.05, 4.69) is 14.0 Å². The van der Waals surface area contributed by atoms with Crippen LogP contribution in [0.4, 0.5) is 0 Å². The average Bonchev–Trinajstić information content (AvgIpc) is 0.811. The van der Waals surface area contributed by atoms with Crippen molar-refractivity contribution in [3.8, 4) is 0 Å². The van der Waals surface area contributed by atoms with Gasteiger partial charge >= 0.3 is 35.5 Å². The Hall–Kier alpha value is 1.56. The Morgan fingerprint density at radius 3 is 1.00 bits per heavy atom. The van der Waals surface area contributed by atoms with Crippen LogP contribution in [0.1, 0.15) is 0 Å². The van der Waals surface area contributed by atoms with Gasteiger partial charge in [-0.1, -0.05) is 0 Å². The van der Waals surface area contributed by atoms with E-state index in [4.69, 9.17) is 0 Å². The maximum atomic E-state index is 2.38. The van der Waals surface area contributed by atoms with Gasteiger partial charge in [-0.05, 0) is 0 Å². The van der Waals surface area contributed by atoms with Crippen molar-refractivity contribution in [2.24, 2.45) is 0 Å². The molecule has 0 heterocycles. The van der Waals surface area contributed by atoms with Gasteiger partial charge in [0.15, 0.2) is 0 Å². The summed E-state index contributed by atoms with van der Waals surface area (Å²) < 4.78 is 7.13. The minimum absolute atomic E-state index is 0. The van der Waals surface area contributed by atoms with Gasteiger partial charge in [-0.25, -0.2) is 0 Å². The first-order chi connectivity index (χ1) is 1.73. The molecule has 2 heteroatoms. The summed E-state index contributed by atoms with van der Waals surface area (Å²) in [6, 6.07) is 0. The van der Waals surface area contributed by atoms with Gasteiger partial charge in [0, 0.05) is 21.1 Å². The maximum absolute atomic E-state index is 2.38. The second-order valence-electron chi connectivity index (χ2n) is 1.73. The summed E-state index contributed by atoms with van der Waals surface area (Å²) in [5, 5.41) is 0. The molecule has 5 heavy (non-hydrogen) atoms. The molecule has 0 amide bonds. The fraction of sp³-hybridized carbons (Fsp3) is 1.00. The Labute approximate surface area is 56.1 Å². The smallest absolute Gasteiger partial charge is 0 e. The first-order valence-electron chi connectivity index (χ1n) is 1.73. The molecule has 0 aromatic heterocycles. The van der Waals surface area contributed by atoms with E-state index in [1.165, 1.54) is 0 Å². The van der Waals surface area contributed by atoms with Crippen molar-refractivity contribution < 1.29 is 21.1 Å². The van der Waals surface area contributed by atoms with Crippen molar-refractivity contribution in [3.63, 3.8) is 0 Å². The molecule has 0 fully saturated rings. The van der Waals surface area contributed by atoms with Gasteiger partial charge < -0.3 is 0 Å². The quantitative estimate of drug-likeness (QED) is 0.623. The van der Waals surface area contributed by atoms with Crippen LogP contribution in [0.3, 0.4) is 0 Å². The third-order valence-electron chi connectivity index (χ3n) is 0. The maximum Gasteiger partial charge on any atom is 0 e. The second-order valence-corrected chi connectivity index (χ2v) is 11.6. The SMILES string of the molecule is [CH3][In]([CH3])[CH3].[W]. The van der Waals surface area contributed by atoms with Crippen LogP contribution in [-0.4, -0.2) is 21.4 Å². The Kier molecular flexibility index (Phi) is 10.8. The summed E-state index contributed by atoms with van der Waals surface area (Å²) >= 11 is -0.637. The number of hydrogen-bond donors (Lipinski definition) is 0. The van der Waals surface area contributed by atoms with Crippen LogP contribution in [-0.2, 0) is 21.1 Å². The van der Waals surface area contributed by atoms with E-state index in [-0.39, 0.29) is 21.1 Å². The first-order valence-corrected chi connectivity index (χ1v) is 11.6.